The van der Waals surface area contributed by atoms with Crippen molar-refractivity contribution in [2.75, 3.05) is 7.11 Å². The zero-order valence-corrected chi connectivity index (χ0v) is 14.3. The van der Waals surface area contributed by atoms with Crippen LogP contribution in [0, 0.1) is 6.92 Å². The zero-order chi connectivity index (χ0) is 17.1. The molecule has 2 aromatic carbocycles. The van der Waals surface area contributed by atoms with Crippen LogP contribution >= 0.6 is 11.3 Å². The molecule has 0 spiro atoms. The number of rotatable bonds is 5. The van der Waals surface area contributed by atoms with Gasteiger partial charge in [0.2, 0.25) is 0 Å². The summed E-state index contributed by atoms with van der Waals surface area (Å²) in [5, 5.41) is 10.0. The SMILES string of the molecule is COc1ccc(-c2nc(-c3ccc(C)cc3)c(CC(=O)O)s2)cc1. The van der Waals surface area contributed by atoms with Crippen LogP contribution in [0.4, 0.5) is 0 Å². The van der Waals surface area contributed by atoms with E-state index in [0.29, 0.717) is 0 Å². The molecule has 5 heteroatoms. The molecule has 3 rings (SSSR count). The minimum atomic E-state index is -0.853. The number of thiazole rings is 1. The summed E-state index contributed by atoms with van der Waals surface area (Å²) in [6, 6.07) is 15.6. The third-order valence-corrected chi connectivity index (χ3v) is 4.78. The van der Waals surface area contributed by atoms with Crippen LogP contribution in [-0.2, 0) is 11.2 Å². The molecule has 0 atom stereocenters. The number of hydrogen-bond donors (Lipinski definition) is 1. The van der Waals surface area contributed by atoms with Gasteiger partial charge in [-0.25, -0.2) is 4.98 Å². The van der Waals surface area contributed by atoms with Crippen LogP contribution in [0.3, 0.4) is 0 Å². The van der Waals surface area contributed by atoms with Crippen LogP contribution in [0.1, 0.15) is 10.4 Å². The quantitative estimate of drug-likeness (QED) is 0.747. The lowest BCUT2D eigenvalue weighted by molar-refractivity contribution is -0.136. The Kier molecular flexibility index (Phi) is 4.62. The van der Waals surface area contributed by atoms with Gasteiger partial charge in [-0.05, 0) is 31.2 Å². The van der Waals surface area contributed by atoms with Gasteiger partial charge in [0.1, 0.15) is 10.8 Å². The fraction of sp³-hybridized carbons (Fsp3) is 0.158. The molecule has 0 aliphatic rings. The summed E-state index contributed by atoms with van der Waals surface area (Å²) in [7, 11) is 1.62. The highest BCUT2D eigenvalue weighted by molar-refractivity contribution is 7.15. The summed E-state index contributed by atoms with van der Waals surface area (Å²) in [5.74, 6) is -0.0758. The number of aromatic nitrogens is 1. The Bertz CT molecular complexity index is 851. The van der Waals surface area contributed by atoms with E-state index in [0.717, 1.165) is 38.0 Å². The molecule has 4 nitrogen and oxygen atoms in total. The molecule has 1 N–H and O–H groups in total. The minimum absolute atomic E-state index is 0.0307. The lowest BCUT2D eigenvalue weighted by Crippen LogP contribution is -1.99. The third-order valence-electron chi connectivity index (χ3n) is 3.67. The van der Waals surface area contributed by atoms with Gasteiger partial charge in [0, 0.05) is 16.0 Å². The van der Waals surface area contributed by atoms with E-state index >= 15 is 0 Å². The van der Waals surface area contributed by atoms with E-state index < -0.39 is 5.97 Å². The molecule has 122 valence electrons. The zero-order valence-electron chi connectivity index (χ0n) is 13.4. The summed E-state index contributed by atoms with van der Waals surface area (Å²) in [6.45, 7) is 2.02. The number of carbonyl (C=O) groups is 1. The van der Waals surface area contributed by atoms with Crippen LogP contribution in [0.25, 0.3) is 21.8 Å². The number of hydrogen-bond acceptors (Lipinski definition) is 4. The van der Waals surface area contributed by atoms with E-state index in [1.807, 2.05) is 55.5 Å². The molecule has 0 fully saturated rings. The number of aryl methyl sites for hydroxylation is 1. The van der Waals surface area contributed by atoms with Crippen LogP contribution in [0.2, 0.25) is 0 Å². The number of carboxylic acids is 1. The fourth-order valence-electron chi connectivity index (χ4n) is 2.40. The second-order valence-corrected chi connectivity index (χ2v) is 6.54. The van der Waals surface area contributed by atoms with E-state index in [9.17, 15) is 9.90 Å². The number of methoxy groups -OCH3 is 1. The highest BCUT2D eigenvalue weighted by Crippen LogP contribution is 2.35. The summed E-state index contributed by atoms with van der Waals surface area (Å²) < 4.78 is 5.17. The third kappa shape index (κ3) is 3.46. The van der Waals surface area contributed by atoms with Crippen molar-refractivity contribution in [3.05, 3.63) is 59.0 Å². The standard InChI is InChI=1S/C19H17NO3S/c1-12-3-5-13(6-4-12)18-16(11-17(21)22)24-19(20-18)14-7-9-15(23-2)10-8-14/h3-10H,11H2,1-2H3,(H,21,22). The maximum Gasteiger partial charge on any atom is 0.308 e. The summed E-state index contributed by atoms with van der Waals surface area (Å²) in [5.41, 5.74) is 3.79. The predicted molar refractivity (Wildman–Crippen MR) is 95.6 cm³/mol. The van der Waals surface area contributed by atoms with Crippen LogP contribution in [0.5, 0.6) is 5.75 Å². The van der Waals surface area contributed by atoms with Gasteiger partial charge in [-0.15, -0.1) is 11.3 Å². The average Bonchev–Trinajstić information content (AvgIpc) is 2.98. The first-order valence-electron chi connectivity index (χ1n) is 7.50. The molecule has 1 heterocycles. The van der Waals surface area contributed by atoms with Crippen molar-refractivity contribution in [3.8, 4) is 27.6 Å². The largest absolute Gasteiger partial charge is 0.497 e. The molecule has 0 unspecified atom stereocenters. The van der Waals surface area contributed by atoms with Crippen molar-refractivity contribution in [2.24, 2.45) is 0 Å². The predicted octanol–water partition coefficient (Wildman–Crippen LogP) is 4.42. The maximum absolute atomic E-state index is 11.2. The number of carboxylic acid groups (broad SMARTS) is 1. The first kappa shape index (κ1) is 16.2. The lowest BCUT2D eigenvalue weighted by atomic mass is 10.1. The molecule has 0 amide bonds. The number of nitrogens with zero attached hydrogens (tertiary/aromatic N) is 1. The number of benzene rings is 2. The normalized spacial score (nSPS) is 10.6. The topological polar surface area (TPSA) is 59.4 Å². The monoisotopic (exact) mass is 339 g/mol. The Morgan fingerprint density at radius 1 is 1.08 bits per heavy atom. The molecule has 0 saturated heterocycles. The molecule has 0 radical (unpaired) electrons. The van der Waals surface area contributed by atoms with E-state index in [1.165, 1.54) is 11.3 Å². The molecular weight excluding hydrogens is 322 g/mol. The Labute approximate surface area is 144 Å². The van der Waals surface area contributed by atoms with E-state index in [2.05, 4.69) is 0 Å². The van der Waals surface area contributed by atoms with Crippen molar-refractivity contribution >= 4 is 17.3 Å². The average molecular weight is 339 g/mol. The molecular formula is C19H17NO3S. The maximum atomic E-state index is 11.2. The van der Waals surface area contributed by atoms with Gasteiger partial charge < -0.3 is 9.84 Å². The van der Waals surface area contributed by atoms with Gasteiger partial charge >= 0.3 is 5.97 Å². The van der Waals surface area contributed by atoms with E-state index in [4.69, 9.17) is 9.72 Å². The summed E-state index contributed by atoms with van der Waals surface area (Å²) in [6.07, 6.45) is -0.0307. The van der Waals surface area contributed by atoms with Crippen molar-refractivity contribution in [3.63, 3.8) is 0 Å². The van der Waals surface area contributed by atoms with Gasteiger partial charge in [0.15, 0.2) is 0 Å². The van der Waals surface area contributed by atoms with E-state index in [-0.39, 0.29) is 6.42 Å². The van der Waals surface area contributed by atoms with Gasteiger partial charge in [-0.1, -0.05) is 29.8 Å². The molecule has 1 aromatic heterocycles. The Morgan fingerprint density at radius 2 is 1.71 bits per heavy atom. The molecule has 3 aromatic rings. The van der Waals surface area contributed by atoms with Gasteiger partial charge in [0.25, 0.3) is 0 Å². The van der Waals surface area contributed by atoms with Crippen molar-refractivity contribution < 1.29 is 14.6 Å². The van der Waals surface area contributed by atoms with Gasteiger partial charge in [0.05, 0.1) is 19.2 Å². The highest BCUT2D eigenvalue weighted by atomic mass is 32.1. The molecule has 0 saturated carbocycles. The summed E-state index contributed by atoms with van der Waals surface area (Å²) >= 11 is 1.42. The fourth-order valence-corrected chi connectivity index (χ4v) is 3.48. The number of aliphatic carboxylic acids is 1. The van der Waals surface area contributed by atoms with Gasteiger partial charge in [-0.2, -0.15) is 0 Å². The Balaban J connectivity index is 2.04. The second kappa shape index (κ2) is 6.84. The first-order valence-corrected chi connectivity index (χ1v) is 8.31. The molecule has 0 bridgehead atoms. The first-order chi connectivity index (χ1) is 11.6. The smallest absolute Gasteiger partial charge is 0.308 e. The Hall–Kier alpha value is -2.66. The molecule has 0 aliphatic heterocycles. The van der Waals surface area contributed by atoms with Gasteiger partial charge in [-0.3, -0.25) is 4.79 Å². The van der Waals surface area contributed by atoms with Crippen molar-refractivity contribution in [1.29, 1.82) is 0 Å². The summed E-state index contributed by atoms with van der Waals surface area (Å²) in [4.78, 5) is 16.7. The van der Waals surface area contributed by atoms with Crippen LogP contribution in [-0.4, -0.2) is 23.2 Å². The minimum Gasteiger partial charge on any atom is -0.497 e. The molecule has 24 heavy (non-hydrogen) atoms. The van der Waals surface area contributed by atoms with Crippen LogP contribution in [0.15, 0.2) is 48.5 Å². The van der Waals surface area contributed by atoms with E-state index in [1.54, 1.807) is 7.11 Å². The van der Waals surface area contributed by atoms with Crippen molar-refractivity contribution in [1.82, 2.24) is 4.98 Å². The molecule has 0 aliphatic carbocycles. The highest BCUT2D eigenvalue weighted by Gasteiger charge is 2.16. The van der Waals surface area contributed by atoms with Crippen LogP contribution < -0.4 is 4.74 Å². The lowest BCUT2D eigenvalue weighted by Gasteiger charge is -2.01. The second-order valence-electron chi connectivity index (χ2n) is 5.46. The number of ether oxygens (including phenoxy) is 1. The Morgan fingerprint density at radius 3 is 2.29 bits per heavy atom. The van der Waals surface area contributed by atoms with Crippen molar-refractivity contribution in [2.45, 2.75) is 13.3 Å².